The summed E-state index contributed by atoms with van der Waals surface area (Å²) in [4.78, 5) is 14.0. The maximum absolute atomic E-state index is 12.2. The first-order valence-electron chi connectivity index (χ1n) is 8.02. The number of benzene rings is 1. The number of hydrogen-bond acceptors (Lipinski definition) is 4. The lowest BCUT2D eigenvalue weighted by Crippen LogP contribution is -2.60. The molecule has 1 fully saturated rings. The Labute approximate surface area is 146 Å². The van der Waals surface area contributed by atoms with Crippen LogP contribution >= 0.6 is 11.3 Å². The van der Waals surface area contributed by atoms with Crippen LogP contribution in [0.15, 0.2) is 41.1 Å². The second-order valence-electron chi connectivity index (χ2n) is 5.98. The highest BCUT2D eigenvalue weighted by atomic mass is 32.1. The Balaban J connectivity index is 1.43. The van der Waals surface area contributed by atoms with E-state index in [1.807, 2.05) is 31.2 Å². The van der Waals surface area contributed by atoms with Crippen LogP contribution in [0.5, 0.6) is 11.5 Å². The van der Waals surface area contributed by atoms with Crippen LogP contribution in [0.2, 0.25) is 0 Å². The summed E-state index contributed by atoms with van der Waals surface area (Å²) >= 11 is 1.68. The molecular formula is C18H22N2O3S. The first kappa shape index (κ1) is 16.6. The Hall–Kier alpha value is -2.21. The highest BCUT2D eigenvalue weighted by Gasteiger charge is 2.33. The summed E-state index contributed by atoms with van der Waals surface area (Å²) in [6.45, 7) is 3.21. The van der Waals surface area contributed by atoms with Crippen LogP contribution in [0.25, 0.3) is 0 Å². The van der Waals surface area contributed by atoms with Crippen molar-refractivity contribution in [3.63, 3.8) is 0 Å². The largest absolute Gasteiger partial charge is 0.493 e. The molecule has 1 aromatic carbocycles. The fourth-order valence-electron chi connectivity index (χ4n) is 2.69. The third kappa shape index (κ3) is 4.00. The molecule has 24 heavy (non-hydrogen) atoms. The topological polar surface area (TPSA) is 50.8 Å². The summed E-state index contributed by atoms with van der Waals surface area (Å²) in [6, 6.07) is 9.73. The molecule has 0 unspecified atom stereocenters. The maximum Gasteiger partial charge on any atom is 0.317 e. The van der Waals surface area contributed by atoms with Crippen LogP contribution in [0.3, 0.4) is 0 Å². The van der Waals surface area contributed by atoms with Crippen LogP contribution in [-0.4, -0.2) is 43.3 Å². The molecule has 1 atom stereocenters. The number of para-hydroxylation sites is 2. The van der Waals surface area contributed by atoms with Crippen LogP contribution in [0.1, 0.15) is 12.5 Å². The van der Waals surface area contributed by atoms with Gasteiger partial charge in [0.05, 0.1) is 20.2 Å². The number of carbonyl (C=O) groups excluding carboxylic acids is 1. The van der Waals surface area contributed by atoms with Crippen molar-refractivity contribution in [2.45, 2.75) is 25.5 Å². The van der Waals surface area contributed by atoms with Crippen molar-refractivity contribution < 1.29 is 14.3 Å². The van der Waals surface area contributed by atoms with Crippen molar-refractivity contribution in [2.24, 2.45) is 0 Å². The molecule has 1 aliphatic heterocycles. The average molecular weight is 346 g/mol. The van der Waals surface area contributed by atoms with E-state index in [1.165, 1.54) is 5.56 Å². The molecule has 1 N–H and O–H groups in total. The number of thiophene rings is 1. The summed E-state index contributed by atoms with van der Waals surface area (Å²) < 4.78 is 11.2. The van der Waals surface area contributed by atoms with Crippen molar-refractivity contribution in [1.29, 1.82) is 0 Å². The predicted octanol–water partition coefficient (Wildman–Crippen LogP) is 3.16. The zero-order valence-electron chi connectivity index (χ0n) is 13.9. The van der Waals surface area contributed by atoms with E-state index in [9.17, 15) is 4.79 Å². The van der Waals surface area contributed by atoms with Gasteiger partial charge in [-0.1, -0.05) is 12.1 Å². The minimum absolute atomic E-state index is 0.0132. The first-order chi connectivity index (χ1) is 11.7. The summed E-state index contributed by atoms with van der Waals surface area (Å²) in [7, 11) is 1.62. The van der Waals surface area contributed by atoms with E-state index in [0.717, 1.165) is 12.2 Å². The van der Waals surface area contributed by atoms with Crippen molar-refractivity contribution in [2.75, 3.05) is 20.2 Å². The Bertz CT molecular complexity index is 669. The Morgan fingerprint density at radius 3 is 2.75 bits per heavy atom. The van der Waals surface area contributed by atoms with Crippen LogP contribution < -0.4 is 14.8 Å². The molecule has 1 saturated heterocycles. The van der Waals surface area contributed by atoms with E-state index in [2.05, 4.69) is 22.1 Å². The number of ether oxygens (including phenoxy) is 2. The molecule has 5 nitrogen and oxygen atoms in total. The summed E-state index contributed by atoms with van der Waals surface area (Å²) in [5.74, 6) is 1.43. The van der Waals surface area contributed by atoms with Gasteiger partial charge in [0.1, 0.15) is 6.10 Å². The number of methoxy groups -OCH3 is 1. The lowest BCUT2D eigenvalue weighted by atomic mass is 10.1. The minimum atomic E-state index is -0.0300. The van der Waals surface area contributed by atoms with E-state index in [0.29, 0.717) is 18.8 Å². The van der Waals surface area contributed by atoms with Gasteiger partial charge in [-0.3, -0.25) is 0 Å². The number of nitrogens with zero attached hydrogens (tertiary/aromatic N) is 1. The maximum atomic E-state index is 12.2. The van der Waals surface area contributed by atoms with Gasteiger partial charge in [0.15, 0.2) is 11.5 Å². The monoisotopic (exact) mass is 346 g/mol. The second-order valence-corrected chi connectivity index (χ2v) is 6.76. The fourth-order valence-corrected chi connectivity index (χ4v) is 3.37. The average Bonchev–Trinajstić information content (AvgIpc) is 3.03. The van der Waals surface area contributed by atoms with E-state index in [4.69, 9.17) is 9.47 Å². The Morgan fingerprint density at radius 1 is 1.33 bits per heavy atom. The Morgan fingerprint density at radius 2 is 2.08 bits per heavy atom. The molecule has 2 heterocycles. The normalized spacial score (nSPS) is 15.5. The SMILES string of the molecule is COc1ccccc1OC1CN(C(=O)N[C@@H](C)Cc2ccsc2)C1. The number of carbonyl (C=O) groups is 1. The highest BCUT2D eigenvalue weighted by molar-refractivity contribution is 7.07. The molecule has 0 spiro atoms. The standard InChI is InChI=1S/C18H22N2O3S/c1-13(9-14-7-8-24-12-14)19-18(21)20-10-15(11-20)23-17-6-4-3-5-16(17)22-2/h3-8,12-13,15H,9-11H2,1-2H3,(H,19,21)/t13-/m0/s1. The van der Waals surface area contributed by atoms with E-state index < -0.39 is 0 Å². The molecule has 2 aromatic rings. The van der Waals surface area contributed by atoms with Gasteiger partial charge in [-0.15, -0.1) is 0 Å². The van der Waals surface area contributed by atoms with Gasteiger partial charge in [-0.25, -0.2) is 4.79 Å². The van der Waals surface area contributed by atoms with Crippen molar-refractivity contribution in [3.05, 3.63) is 46.7 Å². The van der Waals surface area contributed by atoms with Crippen molar-refractivity contribution in [3.8, 4) is 11.5 Å². The van der Waals surface area contributed by atoms with Crippen molar-refractivity contribution in [1.82, 2.24) is 10.2 Å². The van der Waals surface area contributed by atoms with Crippen LogP contribution in [0, 0.1) is 0 Å². The molecule has 0 saturated carbocycles. The quantitative estimate of drug-likeness (QED) is 0.874. The third-order valence-electron chi connectivity index (χ3n) is 3.99. The molecule has 128 valence electrons. The van der Waals surface area contributed by atoms with Gasteiger partial charge in [0.25, 0.3) is 0 Å². The van der Waals surface area contributed by atoms with Crippen LogP contribution in [-0.2, 0) is 6.42 Å². The molecule has 1 aliphatic rings. The van der Waals surface area contributed by atoms with Crippen LogP contribution in [0.4, 0.5) is 4.79 Å². The molecular weight excluding hydrogens is 324 g/mol. The van der Waals surface area contributed by atoms with Gasteiger partial charge in [-0.05, 0) is 47.9 Å². The smallest absolute Gasteiger partial charge is 0.317 e. The lowest BCUT2D eigenvalue weighted by Gasteiger charge is -2.39. The van der Waals surface area contributed by atoms with E-state index in [1.54, 1.807) is 23.3 Å². The van der Waals surface area contributed by atoms with Gasteiger partial charge in [0, 0.05) is 6.04 Å². The number of urea groups is 1. The van der Waals surface area contributed by atoms with Gasteiger partial charge in [0.2, 0.25) is 0 Å². The van der Waals surface area contributed by atoms with Crippen molar-refractivity contribution >= 4 is 17.4 Å². The molecule has 0 aliphatic carbocycles. The van der Waals surface area contributed by atoms with E-state index >= 15 is 0 Å². The molecule has 0 radical (unpaired) electrons. The molecule has 3 rings (SSSR count). The molecule has 0 bridgehead atoms. The summed E-state index contributed by atoms with van der Waals surface area (Å²) in [6.07, 6.45) is 0.865. The number of nitrogens with one attached hydrogen (secondary N) is 1. The molecule has 6 heteroatoms. The second kappa shape index (κ2) is 7.57. The van der Waals surface area contributed by atoms with Gasteiger partial charge >= 0.3 is 6.03 Å². The number of amides is 2. The number of likely N-dealkylation sites (tertiary alicyclic amines) is 1. The van der Waals surface area contributed by atoms with Gasteiger partial charge < -0.3 is 19.7 Å². The summed E-state index contributed by atoms with van der Waals surface area (Å²) in [5.41, 5.74) is 1.26. The molecule has 1 aromatic heterocycles. The third-order valence-corrected chi connectivity index (χ3v) is 4.72. The number of hydrogen-bond donors (Lipinski definition) is 1. The lowest BCUT2D eigenvalue weighted by molar-refractivity contribution is 0.0419. The Kier molecular flexibility index (Phi) is 5.25. The zero-order chi connectivity index (χ0) is 16.9. The molecule has 2 amide bonds. The summed E-state index contributed by atoms with van der Waals surface area (Å²) in [5, 5.41) is 7.21. The number of rotatable bonds is 6. The first-order valence-corrected chi connectivity index (χ1v) is 8.96. The predicted molar refractivity (Wildman–Crippen MR) is 95.0 cm³/mol. The van der Waals surface area contributed by atoms with E-state index in [-0.39, 0.29) is 18.2 Å². The zero-order valence-corrected chi connectivity index (χ0v) is 14.7. The minimum Gasteiger partial charge on any atom is -0.493 e. The van der Waals surface area contributed by atoms with Gasteiger partial charge in [-0.2, -0.15) is 11.3 Å². The highest BCUT2D eigenvalue weighted by Crippen LogP contribution is 2.28. The fraction of sp³-hybridized carbons (Fsp3) is 0.389.